The van der Waals surface area contributed by atoms with Gasteiger partial charge >= 0.3 is 0 Å². The van der Waals surface area contributed by atoms with Crippen LogP contribution in [0, 0.1) is 0 Å². The predicted octanol–water partition coefficient (Wildman–Crippen LogP) is 2.68. The fraction of sp³-hybridized carbons (Fsp3) is 0.417. The van der Waals surface area contributed by atoms with Crippen LogP contribution in [0.1, 0.15) is 19.3 Å². The van der Waals surface area contributed by atoms with Crippen LogP contribution in [0.3, 0.4) is 0 Å². The van der Waals surface area contributed by atoms with Crippen LogP contribution in [-0.4, -0.2) is 17.7 Å². The summed E-state index contributed by atoms with van der Waals surface area (Å²) in [6, 6.07) is 5.40. The maximum absolute atomic E-state index is 11.8. The van der Waals surface area contributed by atoms with Gasteiger partial charge in [0.1, 0.15) is 0 Å². The molecule has 17 heavy (non-hydrogen) atoms. The van der Waals surface area contributed by atoms with Crippen LogP contribution in [0.4, 0.5) is 5.69 Å². The molecule has 3 N–H and O–H groups in total. The summed E-state index contributed by atoms with van der Waals surface area (Å²) in [7, 11) is 0. The summed E-state index contributed by atoms with van der Waals surface area (Å²) in [5.41, 5.74) is 6.52. The number of halogens is 1. The molecule has 1 aliphatic heterocycles. The molecule has 1 fully saturated rings. The van der Waals surface area contributed by atoms with E-state index in [1.54, 1.807) is 12.1 Å². The van der Waals surface area contributed by atoms with E-state index in [1.165, 1.54) is 11.8 Å². The van der Waals surface area contributed by atoms with Gasteiger partial charge in [0.15, 0.2) is 0 Å². The summed E-state index contributed by atoms with van der Waals surface area (Å²) in [5.74, 6) is 0.113. The lowest BCUT2D eigenvalue weighted by Gasteiger charge is -2.14. The minimum absolute atomic E-state index is 0.0408. The quantitative estimate of drug-likeness (QED) is 0.813. The Morgan fingerprint density at radius 3 is 3.00 bits per heavy atom. The Hall–Kier alpha value is -0.870. The number of nitrogen functional groups attached to an aromatic ring is 1. The number of amides is 1. The second-order valence-electron chi connectivity index (χ2n) is 4.08. The van der Waals surface area contributed by atoms with Gasteiger partial charge in [-0.1, -0.05) is 18.0 Å². The van der Waals surface area contributed by atoms with Gasteiger partial charge in [0.25, 0.3) is 0 Å². The number of nitrogens with two attached hydrogens (primary N) is 1. The van der Waals surface area contributed by atoms with Crippen LogP contribution < -0.4 is 11.1 Å². The number of hydrogen-bond donors (Lipinski definition) is 2. The van der Waals surface area contributed by atoms with Gasteiger partial charge in [-0.3, -0.25) is 4.79 Å². The first-order valence-corrected chi connectivity index (χ1v) is 6.92. The summed E-state index contributed by atoms with van der Waals surface area (Å²) in [5, 5.41) is 3.50. The molecule has 2 rings (SSSR count). The monoisotopic (exact) mass is 270 g/mol. The third-order valence-electron chi connectivity index (χ3n) is 2.73. The zero-order valence-electron chi connectivity index (χ0n) is 9.41. The number of carbonyl (C=O) groups excluding carboxylic acids is 1. The third-order valence-corrected chi connectivity index (χ3v) is 4.32. The Kier molecular flexibility index (Phi) is 4.18. The van der Waals surface area contributed by atoms with Crippen LogP contribution in [-0.2, 0) is 4.79 Å². The van der Waals surface area contributed by atoms with Crippen LogP contribution >= 0.6 is 23.4 Å². The molecule has 0 aliphatic carbocycles. The zero-order valence-corrected chi connectivity index (χ0v) is 11.0. The van der Waals surface area contributed by atoms with E-state index in [2.05, 4.69) is 5.32 Å². The Morgan fingerprint density at radius 1 is 1.41 bits per heavy atom. The highest BCUT2D eigenvalue weighted by atomic mass is 35.5. The molecule has 0 bridgehead atoms. The maximum atomic E-state index is 11.8. The minimum Gasteiger partial charge on any atom is -0.398 e. The van der Waals surface area contributed by atoms with Gasteiger partial charge in [0.05, 0.1) is 5.25 Å². The van der Waals surface area contributed by atoms with Crippen molar-refractivity contribution in [2.24, 2.45) is 0 Å². The minimum atomic E-state index is -0.0408. The van der Waals surface area contributed by atoms with E-state index in [-0.39, 0.29) is 11.2 Å². The van der Waals surface area contributed by atoms with Crippen molar-refractivity contribution in [1.29, 1.82) is 0 Å². The number of nitrogens with one attached hydrogen (secondary N) is 1. The van der Waals surface area contributed by atoms with Crippen molar-refractivity contribution < 1.29 is 4.79 Å². The smallest absolute Gasteiger partial charge is 0.233 e. The summed E-state index contributed by atoms with van der Waals surface area (Å²) in [6.07, 6.45) is 3.03. The van der Waals surface area contributed by atoms with Gasteiger partial charge < -0.3 is 11.1 Å². The lowest BCUT2D eigenvalue weighted by atomic mass is 10.2. The number of anilines is 1. The van der Waals surface area contributed by atoms with Crippen molar-refractivity contribution in [3.63, 3.8) is 0 Å². The summed E-state index contributed by atoms with van der Waals surface area (Å²) in [6.45, 7) is 0.784. The van der Waals surface area contributed by atoms with Crippen LogP contribution in [0.25, 0.3) is 0 Å². The van der Waals surface area contributed by atoms with E-state index in [9.17, 15) is 4.79 Å². The molecular formula is C12H15ClN2OS. The first-order chi connectivity index (χ1) is 8.16. The average Bonchev–Trinajstić information content (AvgIpc) is 2.48. The highest BCUT2D eigenvalue weighted by Gasteiger charge is 2.22. The van der Waals surface area contributed by atoms with E-state index in [4.69, 9.17) is 17.3 Å². The summed E-state index contributed by atoms with van der Waals surface area (Å²) >= 11 is 7.37. The standard InChI is InChI=1S/C12H15ClN2OS/c13-8-4-5-10(9(14)7-8)17-11-3-1-2-6-15-12(11)16/h4-5,7,11H,1-3,6,14H2,(H,15,16). The van der Waals surface area contributed by atoms with E-state index >= 15 is 0 Å². The van der Waals surface area contributed by atoms with Crippen molar-refractivity contribution >= 4 is 35.0 Å². The van der Waals surface area contributed by atoms with E-state index in [0.29, 0.717) is 10.7 Å². The topological polar surface area (TPSA) is 55.1 Å². The molecule has 1 aromatic rings. The molecule has 1 unspecified atom stereocenters. The van der Waals surface area contributed by atoms with Crippen molar-refractivity contribution in [3.8, 4) is 0 Å². The SMILES string of the molecule is Nc1cc(Cl)ccc1SC1CCCCNC1=O. The molecule has 0 saturated carbocycles. The Labute approximate surface area is 110 Å². The average molecular weight is 271 g/mol. The lowest BCUT2D eigenvalue weighted by Crippen LogP contribution is -2.30. The molecule has 1 atom stereocenters. The fourth-order valence-electron chi connectivity index (χ4n) is 1.80. The third kappa shape index (κ3) is 3.30. The number of benzene rings is 1. The molecule has 3 nitrogen and oxygen atoms in total. The lowest BCUT2D eigenvalue weighted by molar-refractivity contribution is -0.120. The zero-order chi connectivity index (χ0) is 12.3. The van der Waals surface area contributed by atoms with Gasteiger partial charge in [-0.2, -0.15) is 0 Å². The van der Waals surface area contributed by atoms with E-state index in [0.717, 1.165) is 30.7 Å². The highest BCUT2D eigenvalue weighted by molar-refractivity contribution is 8.00. The molecule has 5 heteroatoms. The largest absolute Gasteiger partial charge is 0.398 e. The fourth-order valence-corrected chi connectivity index (χ4v) is 3.11. The maximum Gasteiger partial charge on any atom is 0.233 e. The van der Waals surface area contributed by atoms with E-state index < -0.39 is 0 Å². The predicted molar refractivity (Wildman–Crippen MR) is 72.4 cm³/mol. The number of thioether (sulfide) groups is 1. The van der Waals surface area contributed by atoms with E-state index in [1.807, 2.05) is 6.07 Å². The van der Waals surface area contributed by atoms with Gasteiger partial charge in [-0.15, -0.1) is 11.8 Å². The second-order valence-corrected chi connectivity index (χ2v) is 5.76. The Bertz CT molecular complexity index is 425. The molecular weight excluding hydrogens is 256 g/mol. The molecule has 1 aliphatic rings. The first kappa shape index (κ1) is 12.6. The van der Waals surface area contributed by atoms with Crippen LogP contribution in [0.5, 0.6) is 0 Å². The summed E-state index contributed by atoms with van der Waals surface area (Å²) < 4.78 is 0. The molecule has 92 valence electrons. The highest BCUT2D eigenvalue weighted by Crippen LogP contribution is 2.33. The second kappa shape index (κ2) is 5.65. The molecule has 0 spiro atoms. The molecule has 1 heterocycles. The van der Waals surface area contributed by atoms with Gasteiger partial charge in [0, 0.05) is 22.2 Å². The Morgan fingerprint density at radius 2 is 2.24 bits per heavy atom. The molecule has 1 saturated heterocycles. The number of carbonyl (C=O) groups is 1. The van der Waals surface area contributed by atoms with Crippen molar-refractivity contribution in [2.45, 2.75) is 29.4 Å². The van der Waals surface area contributed by atoms with Crippen molar-refractivity contribution in [3.05, 3.63) is 23.2 Å². The van der Waals surface area contributed by atoms with Gasteiger partial charge in [0.2, 0.25) is 5.91 Å². The van der Waals surface area contributed by atoms with Crippen LogP contribution in [0.15, 0.2) is 23.1 Å². The first-order valence-electron chi connectivity index (χ1n) is 5.66. The van der Waals surface area contributed by atoms with Crippen LogP contribution in [0.2, 0.25) is 5.02 Å². The van der Waals surface area contributed by atoms with Crippen molar-refractivity contribution in [2.75, 3.05) is 12.3 Å². The molecule has 1 amide bonds. The number of hydrogen-bond acceptors (Lipinski definition) is 3. The van der Waals surface area contributed by atoms with Gasteiger partial charge in [-0.05, 0) is 31.0 Å². The normalized spacial score (nSPS) is 20.8. The molecule has 0 aromatic heterocycles. The van der Waals surface area contributed by atoms with Gasteiger partial charge in [-0.25, -0.2) is 0 Å². The summed E-state index contributed by atoms with van der Waals surface area (Å²) in [4.78, 5) is 12.7. The Balaban J connectivity index is 2.10. The number of rotatable bonds is 2. The van der Waals surface area contributed by atoms with Crippen molar-refractivity contribution in [1.82, 2.24) is 5.32 Å². The molecule has 1 aromatic carbocycles. The molecule has 0 radical (unpaired) electrons.